The Morgan fingerprint density at radius 2 is 0.950 bits per heavy atom. The van der Waals surface area contributed by atoms with Crippen molar-refractivity contribution in [3.8, 4) is 0 Å². The van der Waals surface area contributed by atoms with Crippen LogP contribution in [0.15, 0.2) is 0 Å². The van der Waals surface area contributed by atoms with E-state index >= 15 is 0 Å². The van der Waals surface area contributed by atoms with E-state index in [4.69, 9.17) is 4.52 Å². The van der Waals surface area contributed by atoms with Crippen molar-refractivity contribution >= 4 is 8.15 Å². The summed E-state index contributed by atoms with van der Waals surface area (Å²) in [7, 11) is -1.08. The van der Waals surface area contributed by atoms with Crippen LogP contribution in [-0.4, -0.2) is 26.6 Å². The van der Waals surface area contributed by atoms with Crippen LogP contribution in [0.25, 0.3) is 0 Å². The van der Waals surface area contributed by atoms with Gasteiger partial charge in [0.2, 0.25) is 0 Å². The monoisotopic (exact) mass is 351 g/mol. The third-order valence-electron chi connectivity index (χ3n) is 3.19. The third kappa shape index (κ3) is 8.33. The first kappa shape index (κ1) is 28.9. The molecule has 0 fully saturated rings. The molecule has 0 aliphatic heterocycles. The van der Waals surface area contributed by atoms with Crippen molar-refractivity contribution in [2.75, 3.05) is 0 Å². The Hall–Kier alpha value is 0.844. The largest absolute Gasteiger partial charge is 2.00 e. The van der Waals surface area contributed by atoms with E-state index in [-0.39, 0.29) is 41.7 Å². The molecule has 0 aliphatic rings. The summed E-state index contributed by atoms with van der Waals surface area (Å²) in [4.78, 5) is 0. The summed E-state index contributed by atoms with van der Waals surface area (Å²) in [5.41, 5.74) is -1.36. The van der Waals surface area contributed by atoms with Crippen molar-refractivity contribution in [1.82, 2.24) is 0 Å². The maximum absolute atomic E-state index is 10.2. The van der Waals surface area contributed by atoms with E-state index in [0.29, 0.717) is 0 Å². The first-order valence-electron chi connectivity index (χ1n) is 6.38. The minimum Gasteiger partial charge on any atom is -0.387 e. The Morgan fingerprint density at radius 1 is 0.700 bits per heavy atom. The Morgan fingerprint density at radius 3 is 1.10 bits per heavy atom. The Labute approximate surface area is 140 Å². The van der Waals surface area contributed by atoms with Crippen LogP contribution >= 0.6 is 8.15 Å². The molecule has 0 rings (SSSR count). The SMILES string of the molecule is CC(C)(C)[PH+](OC(C)(C)C(C)(C)O)C(C)(C)C.[CH3-].[CH3-].[Ni+2]. The van der Waals surface area contributed by atoms with Gasteiger partial charge in [-0.3, -0.25) is 0 Å². The van der Waals surface area contributed by atoms with E-state index < -0.39 is 19.4 Å². The topological polar surface area (TPSA) is 29.5 Å². The van der Waals surface area contributed by atoms with Crippen LogP contribution in [0.3, 0.4) is 0 Å². The van der Waals surface area contributed by atoms with Gasteiger partial charge in [-0.1, -0.05) is 0 Å². The summed E-state index contributed by atoms with van der Waals surface area (Å²) in [5.74, 6) is 0. The fourth-order valence-electron chi connectivity index (χ4n) is 1.81. The van der Waals surface area contributed by atoms with Crippen LogP contribution in [0.5, 0.6) is 0 Å². The minimum absolute atomic E-state index is 0. The fraction of sp³-hybridized carbons (Fsp3) is 0.875. The molecule has 128 valence electrons. The van der Waals surface area contributed by atoms with E-state index in [1.807, 2.05) is 27.7 Å². The quantitative estimate of drug-likeness (QED) is 0.431. The zero-order valence-electron chi connectivity index (χ0n) is 15.7. The first-order valence-corrected chi connectivity index (χ1v) is 7.79. The van der Waals surface area contributed by atoms with Crippen LogP contribution in [0.1, 0.15) is 69.2 Å². The number of hydrogen-bond donors (Lipinski definition) is 1. The van der Waals surface area contributed by atoms with Crippen molar-refractivity contribution in [1.29, 1.82) is 0 Å². The average molecular weight is 352 g/mol. The minimum atomic E-state index is -1.08. The molecule has 0 spiro atoms. The van der Waals surface area contributed by atoms with E-state index in [1.54, 1.807) is 0 Å². The standard InChI is InChI=1S/C14H31O2P.2CH3.Ni/c1-11(2,3)17(12(4,5)6)16-14(9,10)13(7,8)15;;;/h15H,1-10H3;2*1H3;/q;2*-1;+2/p+1. The summed E-state index contributed by atoms with van der Waals surface area (Å²) in [6.07, 6.45) is 0. The third-order valence-corrected chi connectivity index (χ3v) is 6.63. The molecule has 1 N–H and O–H groups in total. The van der Waals surface area contributed by atoms with Gasteiger partial charge in [-0.05, 0) is 69.2 Å². The Balaban J connectivity index is -0.000000427. The molecule has 0 amide bonds. The smallest absolute Gasteiger partial charge is 0.387 e. The molecular formula is C16H38NiO2P+. The molecule has 0 aliphatic carbocycles. The van der Waals surface area contributed by atoms with Crippen LogP contribution in [-0.2, 0) is 21.0 Å². The molecule has 4 heteroatoms. The molecule has 0 aromatic rings. The van der Waals surface area contributed by atoms with Crippen molar-refractivity contribution in [3.05, 3.63) is 14.9 Å². The summed E-state index contributed by atoms with van der Waals surface area (Å²) in [5, 5.41) is 10.5. The van der Waals surface area contributed by atoms with Gasteiger partial charge < -0.3 is 20.0 Å². The molecule has 0 atom stereocenters. The van der Waals surface area contributed by atoms with Gasteiger partial charge in [0.05, 0.1) is 15.9 Å². The predicted molar refractivity (Wildman–Crippen MR) is 92.1 cm³/mol. The summed E-state index contributed by atoms with van der Waals surface area (Å²) in [6, 6.07) is 0. The first-order chi connectivity index (χ1) is 7.09. The predicted octanol–water partition coefficient (Wildman–Crippen LogP) is 5.18. The van der Waals surface area contributed by atoms with Gasteiger partial charge in [0.15, 0.2) is 0 Å². The molecule has 0 unspecified atom stereocenters. The number of hydrogen-bond acceptors (Lipinski definition) is 2. The molecule has 0 radical (unpaired) electrons. The maximum atomic E-state index is 10.2. The molecule has 0 aromatic carbocycles. The number of rotatable bonds is 3. The van der Waals surface area contributed by atoms with E-state index in [9.17, 15) is 5.11 Å². The van der Waals surface area contributed by atoms with Crippen molar-refractivity contribution in [3.63, 3.8) is 0 Å². The molecule has 0 bridgehead atoms. The Bertz CT molecular complexity index is 243. The second-order valence-corrected chi connectivity index (χ2v) is 11.9. The van der Waals surface area contributed by atoms with Gasteiger partial charge in [0.1, 0.15) is 13.7 Å². The average Bonchev–Trinajstić information content (AvgIpc) is 1.93. The van der Waals surface area contributed by atoms with Crippen LogP contribution in [0, 0.1) is 14.9 Å². The van der Waals surface area contributed by atoms with Crippen LogP contribution < -0.4 is 0 Å². The summed E-state index contributed by atoms with van der Waals surface area (Å²) >= 11 is 0. The van der Waals surface area contributed by atoms with Gasteiger partial charge in [-0.15, -0.1) is 0 Å². The molecule has 0 heterocycles. The second-order valence-electron chi connectivity index (χ2n) is 8.00. The molecule has 20 heavy (non-hydrogen) atoms. The van der Waals surface area contributed by atoms with Gasteiger partial charge in [0.25, 0.3) is 0 Å². The fourth-order valence-corrected chi connectivity index (χ4v) is 5.43. The molecule has 0 saturated carbocycles. The number of aliphatic hydroxyl groups is 1. The van der Waals surface area contributed by atoms with Crippen LogP contribution in [0.2, 0.25) is 0 Å². The molecular weight excluding hydrogens is 314 g/mol. The van der Waals surface area contributed by atoms with E-state index in [0.717, 1.165) is 0 Å². The van der Waals surface area contributed by atoms with Crippen molar-refractivity contribution in [2.24, 2.45) is 0 Å². The van der Waals surface area contributed by atoms with Gasteiger partial charge in [-0.25, -0.2) is 4.52 Å². The molecule has 0 aromatic heterocycles. The maximum Gasteiger partial charge on any atom is 2.00 e. The van der Waals surface area contributed by atoms with Crippen molar-refractivity contribution in [2.45, 2.75) is 90.8 Å². The molecule has 2 nitrogen and oxygen atoms in total. The summed E-state index contributed by atoms with van der Waals surface area (Å²) in [6.45, 7) is 21.0. The van der Waals surface area contributed by atoms with Gasteiger partial charge >= 0.3 is 16.5 Å². The normalized spacial score (nSPS) is 13.2. The molecule has 0 saturated heterocycles. The van der Waals surface area contributed by atoms with Gasteiger partial charge in [0, 0.05) is 0 Å². The zero-order chi connectivity index (χ0) is 14.3. The van der Waals surface area contributed by atoms with E-state index in [2.05, 4.69) is 41.5 Å². The Kier molecular flexibility index (Phi) is 12.3. The zero-order valence-corrected chi connectivity index (χ0v) is 17.7. The van der Waals surface area contributed by atoms with Crippen LogP contribution in [0.4, 0.5) is 0 Å². The van der Waals surface area contributed by atoms with Gasteiger partial charge in [-0.2, -0.15) is 0 Å². The second kappa shape index (κ2) is 8.47. The summed E-state index contributed by atoms with van der Waals surface area (Å²) < 4.78 is 6.38. The van der Waals surface area contributed by atoms with Crippen molar-refractivity contribution < 1.29 is 26.1 Å². The van der Waals surface area contributed by atoms with E-state index in [1.165, 1.54) is 0 Å².